The fourth-order valence-corrected chi connectivity index (χ4v) is 3.52. The van der Waals surface area contributed by atoms with Gasteiger partial charge in [0, 0.05) is 36.6 Å². The number of fused-ring (bicyclic) bond motifs is 9. The molecule has 6 bridgehead atoms. The van der Waals surface area contributed by atoms with E-state index < -0.39 is 17.8 Å². The molecule has 1 amide bonds. The fourth-order valence-electron chi connectivity index (χ4n) is 3.52. The molecule has 0 saturated heterocycles. The van der Waals surface area contributed by atoms with Crippen LogP contribution in [0.15, 0.2) is 36.7 Å². The number of benzene rings is 1. The maximum Gasteiger partial charge on any atom is 0.336 e. The Morgan fingerprint density at radius 1 is 1.03 bits per heavy atom. The summed E-state index contributed by atoms with van der Waals surface area (Å²) in [5, 5.41) is 18.5. The number of hydrogen-bond donors (Lipinski definition) is 4. The zero-order chi connectivity index (χ0) is 23.4. The van der Waals surface area contributed by atoms with Crippen molar-refractivity contribution in [3.05, 3.63) is 59.3 Å². The van der Waals surface area contributed by atoms with E-state index in [2.05, 4.69) is 30.9 Å². The van der Waals surface area contributed by atoms with Crippen molar-refractivity contribution < 1.29 is 19.1 Å². The number of anilines is 3. The Morgan fingerprint density at radius 2 is 1.82 bits per heavy atom. The number of aromatic nitrogens is 3. The zero-order valence-electron chi connectivity index (χ0n) is 18.0. The number of halogens is 1. The van der Waals surface area contributed by atoms with Gasteiger partial charge < -0.3 is 21.1 Å². The first-order valence-corrected chi connectivity index (χ1v) is 10.6. The number of aryl methyl sites for hydroxylation is 1. The van der Waals surface area contributed by atoms with Gasteiger partial charge in [0.1, 0.15) is 5.82 Å². The average molecular weight is 450 g/mol. The van der Waals surface area contributed by atoms with Gasteiger partial charge in [-0.2, -0.15) is 9.37 Å². The van der Waals surface area contributed by atoms with Crippen LogP contribution in [-0.2, 0) is 0 Å². The molecule has 33 heavy (non-hydrogen) atoms. The van der Waals surface area contributed by atoms with E-state index in [1.807, 2.05) is 6.92 Å². The van der Waals surface area contributed by atoms with Crippen LogP contribution in [0.5, 0.6) is 0 Å². The molecule has 9 nitrogen and oxygen atoms in total. The van der Waals surface area contributed by atoms with Gasteiger partial charge in [0.25, 0.3) is 5.91 Å². The number of rotatable bonds is 1. The molecule has 0 spiro atoms. The number of nitrogens with one attached hydrogen (secondary N) is 3. The molecule has 5 rings (SSSR count). The summed E-state index contributed by atoms with van der Waals surface area (Å²) in [7, 11) is 0. The topological polar surface area (TPSA) is 129 Å². The quantitative estimate of drug-likeness (QED) is 0.413. The van der Waals surface area contributed by atoms with Crippen LogP contribution in [0.3, 0.4) is 0 Å². The highest BCUT2D eigenvalue weighted by atomic mass is 19.1. The smallest absolute Gasteiger partial charge is 0.336 e. The van der Waals surface area contributed by atoms with Crippen LogP contribution in [0.1, 0.15) is 45.5 Å². The molecular formula is C23H23FN6O3. The first kappa shape index (κ1) is 22.1. The van der Waals surface area contributed by atoms with Crippen molar-refractivity contribution in [3.8, 4) is 11.1 Å². The van der Waals surface area contributed by atoms with Crippen LogP contribution in [0.2, 0.25) is 0 Å². The Morgan fingerprint density at radius 3 is 2.61 bits per heavy atom. The van der Waals surface area contributed by atoms with Crippen molar-refractivity contribution in [2.45, 2.75) is 26.2 Å². The Bertz CT molecular complexity index is 1220. The molecule has 2 aromatic heterocycles. The molecule has 1 aromatic carbocycles. The summed E-state index contributed by atoms with van der Waals surface area (Å²) < 4.78 is 14.4. The van der Waals surface area contributed by atoms with Gasteiger partial charge in [-0.25, -0.2) is 14.8 Å². The SMILES string of the molecule is Cc1cnc2nc1NCCCCCNC(=O)c1ccc(cc1C(=O)O)-c1cnc(F)c(c1)N2. The number of carboxylic acids is 1. The molecule has 0 radical (unpaired) electrons. The van der Waals surface area contributed by atoms with Crippen molar-refractivity contribution in [2.75, 3.05) is 23.7 Å². The lowest BCUT2D eigenvalue weighted by Gasteiger charge is -2.12. The Balaban J connectivity index is 1.77. The van der Waals surface area contributed by atoms with Crippen LogP contribution < -0.4 is 16.0 Å². The van der Waals surface area contributed by atoms with E-state index in [4.69, 9.17) is 0 Å². The summed E-state index contributed by atoms with van der Waals surface area (Å²) in [6, 6.07) is 5.94. The van der Waals surface area contributed by atoms with E-state index >= 15 is 0 Å². The molecule has 4 N–H and O–H groups in total. The van der Waals surface area contributed by atoms with Crippen molar-refractivity contribution in [1.82, 2.24) is 20.3 Å². The highest BCUT2D eigenvalue weighted by Crippen LogP contribution is 2.27. The molecule has 0 saturated carbocycles. The fraction of sp³-hybridized carbons (Fsp3) is 0.261. The number of aromatic carboxylic acids is 1. The van der Waals surface area contributed by atoms with Crippen molar-refractivity contribution >= 4 is 29.3 Å². The van der Waals surface area contributed by atoms with Crippen LogP contribution in [0.25, 0.3) is 11.1 Å². The number of nitrogens with zero attached hydrogens (tertiary/aromatic N) is 3. The average Bonchev–Trinajstić information content (AvgIpc) is 2.80. The number of hydrogen-bond acceptors (Lipinski definition) is 7. The Labute approximate surface area is 189 Å². The van der Waals surface area contributed by atoms with E-state index in [9.17, 15) is 19.1 Å². The van der Waals surface area contributed by atoms with E-state index in [1.54, 1.807) is 12.3 Å². The van der Waals surface area contributed by atoms with Gasteiger partial charge >= 0.3 is 5.97 Å². The second kappa shape index (κ2) is 9.60. The van der Waals surface area contributed by atoms with Crippen molar-refractivity contribution in [1.29, 1.82) is 0 Å². The van der Waals surface area contributed by atoms with Gasteiger partial charge in [-0.05, 0) is 49.9 Å². The number of amides is 1. The highest BCUT2D eigenvalue weighted by Gasteiger charge is 2.18. The molecule has 3 aromatic rings. The van der Waals surface area contributed by atoms with Gasteiger partial charge in [0.2, 0.25) is 11.9 Å². The summed E-state index contributed by atoms with van der Waals surface area (Å²) in [6.45, 7) is 2.98. The molecule has 0 aliphatic carbocycles. The first-order valence-electron chi connectivity index (χ1n) is 10.6. The van der Waals surface area contributed by atoms with Gasteiger partial charge in [-0.3, -0.25) is 4.79 Å². The summed E-state index contributed by atoms with van der Waals surface area (Å²) in [5.74, 6) is -1.58. The minimum atomic E-state index is -1.23. The lowest BCUT2D eigenvalue weighted by molar-refractivity contribution is 0.0691. The molecular weight excluding hydrogens is 427 g/mol. The minimum Gasteiger partial charge on any atom is -0.478 e. The predicted octanol–water partition coefficient (Wildman–Crippen LogP) is 3.75. The standard InChI is InChI=1S/C23H23FN6O3/c1-13-11-28-23-29-18-10-15(12-27-19(18)24)14-5-6-16(17(9-14)22(32)33)21(31)26-8-4-2-3-7-25-20(13)30-23/h5-6,9-12H,2-4,7-8H2,1H3,(H,26,31)(H,32,33)(H2,25,28,29,30). The minimum absolute atomic E-state index is 0.0407. The molecule has 0 fully saturated rings. The summed E-state index contributed by atoms with van der Waals surface area (Å²) >= 11 is 0. The molecule has 4 heterocycles. The molecule has 170 valence electrons. The van der Waals surface area contributed by atoms with E-state index in [1.165, 1.54) is 24.4 Å². The van der Waals surface area contributed by atoms with E-state index in [0.29, 0.717) is 30.0 Å². The van der Waals surface area contributed by atoms with Gasteiger partial charge in [0.05, 0.1) is 16.8 Å². The molecule has 2 aliphatic heterocycles. The molecule has 0 atom stereocenters. The largest absolute Gasteiger partial charge is 0.478 e. The van der Waals surface area contributed by atoms with E-state index in [-0.39, 0.29) is 22.8 Å². The summed E-state index contributed by atoms with van der Waals surface area (Å²) in [5.41, 5.74) is 1.77. The molecule has 0 unspecified atom stereocenters. The third-order valence-electron chi connectivity index (χ3n) is 5.32. The number of carbonyl (C=O) groups is 2. The monoisotopic (exact) mass is 450 g/mol. The Kier molecular flexibility index (Phi) is 6.43. The van der Waals surface area contributed by atoms with Crippen molar-refractivity contribution in [2.24, 2.45) is 0 Å². The molecule has 10 heteroatoms. The number of carbonyl (C=O) groups excluding carboxylic acids is 1. The third kappa shape index (κ3) is 5.05. The van der Waals surface area contributed by atoms with Crippen LogP contribution >= 0.6 is 0 Å². The predicted molar refractivity (Wildman–Crippen MR) is 121 cm³/mol. The normalized spacial score (nSPS) is 14.2. The van der Waals surface area contributed by atoms with Gasteiger partial charge in [-0.1, -0.05) is 6.07 Å². The summed E-state index contributed by atoms with van der Waals surface area (Å²) in [6.07, 6.45) is 5.39. The highest BCUT2D eigenvalue weighted by molar-refractivity contribution is 6.05. The number of carboxylic acid groups (broad SMARTS) is 1. The maximum absolute atomic E-state index is 14.4. The summed E-state index contributed by atoms with van der Waals surface area (Å²) in [4.78, 5) is 36.8. The van der Waals surface area contributed by atoms with Gasteiger partial charge in [0.15, 0.2) is 0 Å². The molecule has 2 aliphatic rings. The Hall–Kier alpha value is -4.08. The van der Waals surface area contributed by atoms with Crippen LogP contribution in [-0.4, -0.2) is 45.0 Å². The second-order valence-corrected chi connectivity index (χ2v) is 7.72. The zero-order valence-corrected chi connectivity index (χ0v) is 18.0. The second-order valence-electron chi connectivity index (χ2n) is 7.72. The third-order valence-corrected chi connectivity index (χ3v) is 5.32. The first-order chi connectivity index (χ1) is 15.9. The van der Waals surface area contributed by atoms with Gasteiger partial charge in [-0.15, -0.1) is 0 Å². The van der Waals surface area contributed by atoms with Crippen molar-refractivity contribution in [3.63, 3.8) is 0 Å². The maximum atomic E-state index is 14.4. The number of pyridine rings is 1. The van der Waals surface area contributed by atoms with Crippen LogP contribution in [0, 0.1) is 12.9 Å². The lowest BCUT2D eigenvalue weighted by atomic mass is 9.99. The van der Waals surface area contributed by atoms with E-state index in [0.717, 1.165) is 24.8 Å². The lowest BCUT2D eigenvalue weighted by Crippen LogP contribution is -2.26. The van der Waals surface area contributed by atoms with Crippen LogP contribution in [0.4, 0.5) is 21.8 Å².